The number of benzene rings is 1. The Bertz CT molecular complexity index is 781. The summed E-state index contributed by atoms with van der Waals surface area (Å²) in [4.78, 5) is 0. The number of hydrogen-bond acceptors (Lipinski definition) is 5. The minimum Gasteiger partial charge on any atom is -0.497 e. The first-order valence-corrected chi connectivity index (χ1v) is 9.95. The first kappa shape index (κ1) is 18.0. The molecule has 1 aromatic heterocycles. The van der Waals surface area contributed by atoms with E-state index in [9.17, 15) is 13.5 Å². The summed E-state index contributed by atoms with van der Waals surface area (Å²) in [6.45, 7) is -0.0733. The maximum absolute atomic E-state index is 12.3. The van der Waals surface area contributed by atoms with Crippen LogP contribution in [0.4, 0.5) is 0 Å². The number of hydrogen-bond donors (Lipinski definition) is 2. The number of furan rings is 1. The van der Waals surface area contributed by atoms with Crippen LogP contribution in [0.25, 0.3) is 0 Å². The molecule has 2 N–H and O–H groups in total. The molecule has 1 atom stereocenters. The Hall–Kier alpha value is -1.83. The topological polar surface area (TPSA) is 88.8 Å². The molecule has 0 aliphatic heterocycles. The summed E-state index contributed by atoms with van der Waals surface area (Å²) in [5.41, 5.74) is -0.369. The van der Waals surface area contributed by atoms with Gasteiger partial charge in [0.2, 0.25) is 10.0 Å². The smallest absolute Gasteiger partial charge is 0.212 e. The van der Waals surface area contributed by atoms with Crippen LogP contribution in [0.3, 0.4) is 0 Å². The van der Waals surface area contributed by atoms with Gasteiger partial charge in [-0.2, -0.15) is 0 Å². The summed E-state index contributed by atoms with van der Waals surface area (Å²) in [7, 11) is -1.92. The van der Waals surface area contributed by atoms with E-state index in [0.717, 1.165) is 24.2 Å². The molecule has 0 spiro atoms. The Morgan fingerprint density at radius 3 is 2.56 bits per heavy atom. The van der Waals surface area contributed by atoms with Crippen LogP contribution in [0.15, 0.2) is 47.1 Å². The highest BCUT2D eigenvalue weighted by atomic mass is 32.2. The lowest BCUT2D eigenvalue weighted by Gasteiger charge is -2.26. The van der Waals surface area contributed by atoms with Crippen molar-refractivity contribution in [2.45, 2.75) is 24.9 Å². The lowest BCUT2D eigenvalue weighted by atomic mass is 9.95. The zero-order chi connectivity index (χ0) is 17.9. The Kier molecular flexibility index (Phi) is 5.17. The normalized spacial score (nSPS) is 17.2. The molecule has 1 heterocycles. The van der Waals surface area contributed by atoms with E-state index in [1.807, 2.05) is 12.1 Å². The van der Waals surface area contributed by atoms with Crippen molar-refractivity contribution in [3.63, 3.8) is 0 Å². The Morgan fingerprint density at radius 1 is 1.28 bits per heavy atom. The number of aliphatic hydroxyl groups is 1. The fraction of sp³-hybridized carbons (Fsp3) is 0.444. The molecule has 25 heavy (non-hydrogen) atoms. The fourth-order valence-corrected chi connectivity index (χ4v) is 3.94. The highest BCUT2D eigenvalue weighted by Crippen LogP contribution is 2.45. The molecule has 2 aromatic rings. The average molecular weight is 365 g/mol. The molecule has 1 aliphatic carbocycles. The van der Waals surface area contributed by atoms with Crippen molar-refractivity contribution in [3.05, 3.63) is 54.0 Å². The van der Waals surface area contributed by atoms with Crippen LogP contribution in [0.5, 0.6) is 5.75 Å². The second kappa shape index (κ2) is 7.19. The Morgan fingerprint density at radius 2 is 2.00 bits per heavy atom. The molecule has 0 radical (unpaired) electrons. The highest BCUT2D eigenvalue weighted by molar-refractivity contribution is 7.89. The van der Waals surface area contributed by atoms with Gasteiger partial charge in [-0.05, 0) is 55.0 Å². The quantitative estimate of drug-likeness (QED) is 0.710. The third-order valence-electron chi connectivity index (χ3n) is 4.58. The maximum Gasteiger partial charge on any atom is 0.212 e. The molecule has 136 valence electrons. The van der Waals surface area contributed by atoms with E-state index < -0.39 is 15.6 Å². The molecule has 0 amide bonds. The van der Waals surface area contributed by atoms with E-state index in [0.29, 0.717) is 12.2 Å². The number of ether oxygens (including phenoxy) is 1. The van der Waals surface area contributed by atoms with Gasteiger partial charge >= 0.3 is 0 Å². The van der Waals surface area contributed by atoms with Gasteiger partial charge in [0.05, 0.1) is 19.1 Å². The molecular formula is C18H23NO5S. The van der Waals surface area contributed by atoms with E-state index in [2.05, 4.69) is 4.72 Å². The van der Waals surface area contributed by atoms with Gasteiger partial charge in [0.25, 0.3) is 0 Å². The summed E-state index contributed by atoms with van der Waals surface area (Å²) in [5.74, 6) is 1.13. The maximum atomic E-state index is 12.3. The van der Waals surface area contributed by atoms with E-state index in [4.69, 9.17) is 9.15 Å². The monoisotopic (exact) mass is 365 g/mol. The van der Waals surface area contributed by atoms with Crippen molar-refractivity contribution < 1.29 is 22.7 Å². The molecule has 1 aromatic carbocycles. The lowest BCUT2D eigenvalue weighted by Crippen LogP contribution is -2.43. The van der Waals surface area contributed by atoms with Gasteiger partial charge < -0.3 is 14.3 Å². The molecule has 0 saturated heterocycles. The Labute approximate surface area is 147 Å². The highest BCUT2D eigenvalue weighted by Gasteiger charge is 2.47. The number of methoxy groups -OCH3 is 1. The van der Waals surface area contributed by atoms with Gasteiger partial charge in [0, 0.05) is 6.54 Å². The standard InChI is InChI=1S/C18H23NO5S/c1-23-16-8-4-14(5-9-16)10-12-25(21,22)19-13-18(20,15-6-7-15)17-3-2-11-24-17/h2-5,8-9,11,15,19-20H,6-7,10,12-13H2,1H3/t18-/m1/s1. The SMILES string of the molecule is COc1ccc(CCS(=O)(=O)NC[C@](O)(c2ccco2)C2CC2)cc1. The van der Waals surface area contributed by atoms with E-state index in [-0.39, 0.29) is 18.2 Å². The molecule has 1 fully saturated rings. The third kappa shape index (κ3) is 4.42. The van der Waals surface area contributed by atoms with Gasteiger partial charge in [-0.25, -0.2) is 13.1 Å². The Balaban J connectivity index is 1.59. The average Bonchev–Trinajstić information content (AvgIpc) is 3.33. The van der Waals surface area contributed by atoms with Crippen molar-refractivity contribution in [3.8, 4) is 5.75 Å². The molecule has 3 rings (SSSR count). The zero-order valence-electron chi connectivity index (χ0n) is 14.1. The van der Waals surface area contributed by atoms with Crippen LogP contribution >= 0.6 is 0 Å². The van der Waals surface area contributed by atoms with Crippen LogP contribution in [0.2, 0.25) is 0 Å². The summed E-state index contributed by atoms with van der Waals surface area (Å²) in [6, 6.07) is 10.7. The van der Waals surface area contributed by atoms with Gasteiger partial charge in [-0.1, -0.05) is 12.1 Å². The summed E-state index contributed by atoms with van der Waals surface area (Å²) < 4.78 is 37.6. The number of aryl methyl sites for hydroxylation is 1. The van der Waals surface area contributed by atoms with Gasteiger partial charge in [-0.15, -0.1) is 0 Å². The third-order valence-corrected chi connectivity index (χ3v) is 5.91. The largest absolute Gasteiger partial charge is 0.497 e. The van der Waals surface area contributed by atoms with Crippen LogP contribution in [-0.2, 0) is 22.0 Å². The van der Waals surface area contributed by atoms with E-state index in [1.54, 1.807) is 31.4 Å². The summed E-state index contributed by atoms with van der Waals surface area (Å²) in [6.07, 6.45) is 3.61. The molecule has 1 saturated carbocycles. The minimum atomic E-state index is -3.51. The summed E-state index contributed by atoms with van der Waals surface area (Å²) in [5, 5.41) is 10.9. The number of sulfonamides is 1. The predicted molar refractivity (Wildman–Crippen MR) is 93.8 cm³/mol. The van der Waals surface area contributed by atoms with Crippen LogP contribution in [-0.4, -0.2) is 32.9 Å². The van der Waals surface area contributed by atoms with Crippen molar-refractivity contribution in [2.24, 2.45) is 5.92 Å². The van der Waals surface area contributed by atoms with Crippen molar-refractivity contribution in [1.29, 1.82) is 0 Å². The van der Waals surface area contributed by atoms with Crippen molar-refractivity contribution in [2.75, 3.05) is 19.4 Å². The summed E-state index contributed by atoms with van der Waals surface area (Å²) >= 11 is 0. The molecule has 6 nitrogen and oxygen atoms in total. The van der Waals surface area contributed by atoms with E-state index in [1.165, 1.54) is 6.26 Å². The first-order valence-electron chi connectivity index (χ1n) is 8.29. The van der Waals surface area contributed by atoms with Gasteiger partial charge in [-0.3, -0.25) is 0 Å². The minimum absolute atomic E-state index is 0.0305. The van der Waals surface area contributed by atoms with Crippen LogP contribution in [0, 0.1) is 5.92 Å². The van der Waals surface area contributed by atoms with Crippen molar-refractivity contribution >= 4 is 10.0 Å². The van der Waals surface area contributed by atoms with Gasteiger partial charge in [0.1, 0.15) is 17.1 Å². The lowest BCUT2D eigenvalue weighted by molar-refractivity contribution is -0.00224. The molecule has 0 unspecified atom stereocenters. The number of rotatable bonds is 9. The second-order valence-corrected chi connectivity index (χ2v) is 8.34. The molecular weight excluding hydrogens is 342 g/mol. The molecule has 7 heteroatoms. The number of nitrogens with one attached hydrogen (secondary N) is 1. The van der Waals surface area contributed by atoms with E-state index >= 15 is 0 Å². The van der Waals surface area contributed by atoms with Crippen molar-refractivity contribution in [1.82, 2.24) is 4.72 Å². The molecule has 0 bridgehead atoms. The first-order chi connectivity index (χ1) is 11.9. The molecule has 1 aliphatic rings. The van der Waals surface area contributed by atoms with Crippen LogP contribution < -0.4 is 9.46 Å². The predicted octanol–water partition coefficient (Wildman–Crippen LogP) is 2.05. The fourth-order valence-electron chi connectivity index (χ4n) is 2.85. The second-order valence-electron chi connectivity index (χ2n) is 6.41. The zero-order valence-corrected chi connectivity index (χ0v) is 15.0. The van der Waals surface area contributed by atoms with Crippen LogP contribution in [0.1, 0.15) is 24.2 Å². The van der Waals surface area contributed by atoms with Gasteiger partial charge in [0.15, 0.2) is 0 Å².